The normalized spacial score (nSPS) is 9.08. The van der Waals surface area contributed by atoms with E-state index in [1.807, 2.05) is 24.3 Å². The van der Waals surface area contributed by atoms with E-state index >= 15 is 0 Å². The molecule has 0 aromatic heterocycles. The number of hydrogen-bond donors (Lipinski definition) is 1. The summed E-state index contributed by atoms with van der Waals surface area (Å²) in [5, 5.41) is 2.95. The predicted octanol–water partition coefficient (Wildman–Crippen LogP) is 1.74. The van der Waals surface area contributed by atoms with E-state index in [0.717, 1.165) is 12.3 Å². The van der Waals surface area contributed by atoms with Crippen molar-refractivity contribution < 1.29 is 4.74 Å². The number of thiocarbonyl (C=S) groups is 1. The van der Waals surface area contributed by atoms with E-state index in [1.165, 1.54) is 11.1 Å². The SMILES string of the molecule is COc1ccc(CNC=S)cc1. The Bertz CT molecular complexity index is 245. The largest absolute Gasteiger partial charge is 0.497 e. The average Bonchev–Trinajstić information content (AvgIpc) is 2.15. The van der Waals surface area contributed by atoms with Gasteiger partial charge in [-0.2, -0.15) is 0 Å². The fourth-order valence-electron chi connectivity index (χ4n) is 0.903. The van der Waals surface area contributed by atoms with Crippen LogP contribution in [0.25, 0.3) is 0 Å². The van der Waals surface area contributed by atoms with Crippen molar-refractivity contribution in [2.45, 2.75) is 6.54 Å². The van der Waals surface area contributed by atoms with E-state index < -0.39 is 0 Å². The molecule has 0 aliphatic heterocycles. The molecule has 0 atom stereocenters. The molecule has 0 aliphatic rings. The van der Waals surface area contributed by atoms with Crippen molar-refractivity contribution in [2.24, 2.45) is 0 Å². The third-order valence-corrected chi connectivity index (χ3v) is 1.72. The summed E-state index contributed by atoms with van der Waals surface area (Å²) in [6, 6.07) is 7.87. The highest BCUT2D eigenvalue weighted by Gasteiger charge is 1.91. The lowest BCUT2D eigenvalue weighted by Crippen LogP contribution is -2.07. The molecular weight excluding hydrogens is 170 g/mol. The molecule has 0 aliphatic carbocycles. The van der Waals surface area contributed by atoms with E-state index in [0.29, 0.717) is 0 Å². The molecule has 0 bridgehead atoms. The number of rotatable bonds is 4. The summed E-state index contributed by atoms with van der Waals surface area (Å²) >= 11 is 4.64. The van der Waals surface area contributed by atoms with Crippen LogP contribution in [0.1, 0.15) is 5.56 Å². The molecule has 2 nitrogen and oxygen atoms in total. The second kappa shape index (κ2) is 4.72. The number of benzene rings is 1. The molecule has 0 heterocycles. The second-order valence-corrected chi connectivity index (χ2v) is 2.58. The van der Waals surface area contributed by atoms with Crippen LogP contribution in [0.3, 0.4) is 0 Å². The van der Waals surface area contributed by atoms with Crippen LogP contribution in [0.2, 0.25) is 0 Å². The van der Waals surface area contributed by atoms with Crippen molar-refractivity contribution in [1.29, 1.82) is 0 Å². The highest BCUT2D eigenvalue weighted by atomic mass is 32.1. The molecule has 1 aromatic rings. The molecule has 0 spiro atoms. The number of hydrogen-bond acceptors (Lipinski definition) is 2. The van der Waals surface area contributed by atoms with Gasteiger partial charge < -0.3 is 10.1 Å². The van der Waals surface area contributed by atoms with Crippen LogP contribution < -0.4 is 10.1 Å². The molecular formula is C9H11NOS. The van der Waals surface area contributed by atoms with Gasteiger partial charge >= 0.3 is 0 Å². The molecule has 1 aromatic carbocycles. The summed E-state index contributed by atoms with van der Waals surface area (Å²) in [5.74, 6) is 0.876. The maximum absolute atomic E-state index is 5.02. The van der Waals surface area contributed by atoms with Gasteiger partial charge in [0.1, 0.15) is 5.75 Å². The summed E-state index contributed by atoms with van der Waals surface area (Å²) in [6.45, 7) is 0.771. The first kappa shape index (κ1) is 9.00. The van der Waals surface area contributed by atoms with Gasteiger partial charge in [0.25, 0.3) is 0 Å². The van der Waals surface area contributed by atoms with Gasteiger partial charge in [0, 0.05) is 6.54 Å². The first-order valence-corrected chi connectivity index (χ1v) is 4.14. The molecule has 0 unspecified atom stereocenters. The fraction of sp³-hybridized carbons (Fsp3) is 0.222. The van der Waals surface area contributed by atoms with Crippen LogP contribution in [0, 0.1) is 0 Å². The number of ether oxygens (including phenoxy) is 1. The zero-order valence-electron chi connectivity index (χ0n) is 6.91. The molecule has 64 valence electrons. The van der Waals surface area contributed by atoms with Gasteiger partial charge in [0.15, 0.2) is 0 Å². The minimum Gasteiger partial charge on any atom is -0.497 e. The van der Waals surface area contributed by atoms with Crippen molar-refractivity contribution in [3.8, 4) is 5.75 Å². The van der Waals surface area contributed by atoms with Crippen molar-refractivity contribution in [3.05, 3.63) is 29.8 Å². The zero-order chi connectivity index (χ0) is 8.81. The van der Waals surface area contributed by atoms with Gasteiger partial charge in [-0.3, -0.25) is 0 Å². The predicted molar refractivity (Wildman–Crippen MR) is 53.5 cm³/mol. The molecule has 0 radical (unpaired) electrons. The molecule has 3 heteroatoms. The Morgan fingerprint density at radius 1 is 1.42 bits per heavy atom. The van der Waals surface area contributed by atoms with Gasteiger partial charge in [0.2, 0.25) is 0 Å². The lowest BCUT2D eigenvalue weighted by Gasteiger charge is -2.02. The average molecular weight is 181 g/mol. The highest BCUT2D eigenvalue weighted by molar-refractivity contribution is 7.78. The van der Waals surface area contributed by atoms with Crippen molar-refractivity contribution in [2.75, 3.05) is 7.11 Å². The summed E-state index contributed by atoms with van der Waals surface area (Å²) in [7, 11) is 1.66. The van der Waals surface area contributed by atoms with E-state index in [4.69, 9.17) is 4.74 Å². The summed E-state index contributed by atoms with van der Waals surface area (Å²) in [6.07, 6.45) is 0. The Labute approximate surface area is 77.5 Å². The Morgan fingerprint density at radius 3 is 2.58 bits per heavy atom. The maximum atomic E-state index is 5.02. The van der Waals surface area contributed by atoms with Gasteiger partial charge in [-0.1, -0.05) is 24.4 Å². The minimum atomic E-state index is 0.771. The van der Waals surface area contributed by atoms with Gasteiger partial charge in [-0.25, -0.2) is 0 Å². The monoisotopic (exact) mass is 181 g/mol. The van der Waals surface area contributed by atoms with Crippen LogP contribution in [0.15, 0.2) is 24.3 Å². The molecule has 12 heavy (non-hydrogen) atoms. The molecule has 0 fully saturated rings. The van der Waals surface area contributed by atoms with E-state index in [1.54, 1.807) is 7.11 Å². The van der Waals surface area contributed by atoms with Crippen LogP contribution in [0.4, 0.5) is 0 Å². The Hall–Kier alpha value is -1.09. The molecule has 1 rings (SSSR count). The first-order valence-electron chi connectivity index (χ1n) is 3.67. The van der Waals surface area contributed by atoms with E-state index in [9.17, 15) is 0 Å². The van der Waals surface area contributed by atoms with Crippen LogP contribution in [0.5, 0.6) is 5.75 Å². The van der Waals surface area contributed by atoms with Crippen molar-refractivity contribution >= 4 is 17.7 Å². The van der Waals surface area contributed by atoms with Crippen LogP contribution in [-0.4, -0.2) is 12.6 Å². The van der Waals surface area contributed by atoms with Gasteiger partial charge in [-0.05, 0) is 17.7 Å². The lowest BCUT2D eigenvalue weighted by atomic mass is 10.2. The fourth-order valence-corrected chi connectivity index (χ4v) is 0.986. The molecule has 0 saturated heterocycles. The van der Waals surface area contributed by atoms with Crippen molar-refractivity contribution in [1.82, 2.24) is 5.32 Å². The molecule has 0 saturated carbocycles. The number of methoxy groups -OCH3 is 1. The topological polar surface area (TPSA) is 21.3 Å². The number of nitrogens with one attached hydrogen (secondary N) is 1. The maximum Gasteiger partial charge on any atom is 0.118 e. The summed E-state index contributed by atoms with van der Waals surface area (Å²) in [5.41, 5.74) is 2.71. The Morgan fingerprint density at radius 2 is 2.08 bits per heavy atom. The highest BCUT2D eigenvalue weighted by Crippen LogP contribution is 2.10. The Kier molecular flexibility index (Phi) is 3.54. The second-order valence-electron chi connectivity index (χ2n) is 2.35. The Balaban J connectivity index is 2.58. The van der Waals surface area contributed by atoms with Crippen LogP contribution >= 0.6 is 12.2 Å². The third kappa shape index (κ3) is 2.51. The summed E-state index contributed by atoms with van der Waals surface area (Å²) in [4.78, 5) is 0. The van der Waals surface area contributed by atoms with Gasteiger partial charge in [0.05, 0.1) is 12.6 Å². The standard InChI is InChI=1S/C9H11NOS/c1-11-9-4-2-8(3-5-9)6-10-7-12/h2-5,7H,6H2,1H3,(H,10,12). The third-order valence-electron chi connectivity index (χ3n) is 1.55. The minimum absolute atomic E-state index is 0.771. The lowest BCUT2D eigenvalue weighted by molar-refractivity contribution is 0.414. The molecule has 0 amide bonds. The quantitative estimate of drug-likeness (QED) is 0.715. The molecule has 1 N–H and O–H groups in total. The summed E-state index contributed by atoms with van der Waals surface area (Å²) < 4.78 is 5.02. The van der Waals surface area contributed by atoms with E-state index in [2.05, 4.69) is 17.5 Å². The zero-order valence-corrected chi connectivity index (χ0v) is 7.73. The first-order chi connectivity index (χ1) is 5.86. The van der Waals surface area contributed by atoms with Gasteiger partial charge in [-0.15, -0.1) is 0 Å². The van der Waals surface area contributed by atoms with Crippen molar-refractivity contribution in [3.63, 3.8) is 0 Å². The van der Waals surface area contributed by atoms with E-state index in [-0.39, 0.29) is 0 Å². The smallest absolute Gasteiger partial charge is 0.118 e. The van der Waals surface area contributed by atoms with Crippen LogP contribution in [-0.2, 0) is 6.54 Å².